The van der Waals surface area contributed by atoms with Crippen LogP contribution < -0.4 is 5.43 Å². The number of nitrogens with zero attached hydrogens (tertiary/aromatic N) is 3. The molecule has 2 aromatic heterocycles. The van der Waals surface area contributed by atoms with Crippen LogP contribution in [0, 0.1) is 0 Å². The monoisotopic (exact) mass is 276 g/mol. The summed E-state index contributed by atoms with van der Waals surface area (Å²) in [6, 6.07) is 15.7. The van der Waals surface area contributed by atoms with E-state index in [9.17, 15) is 0 Å². The summed E-state index contributed by atoms with van der Waals surface area (Å²) in [5.74, 6) is 1.29. The molecule has 0 aliphatic heterocycles. The minimum atomic E-state index is 0.601. The molecule has 0 saturated heterocycles. The molecule has 0 bridgehead atoms. The van der Waals surface area contributed by atoms with E-state index in [1.807, 2.05) is 48.5 Å². The van der Waals surface area contributed by atoms with E-state index in [2.05, 4.69) is 30.5 Å². The van der Waals surface area contributed by atoms with Gasteiger partial charge in [0.2, 0.25) is 5.95 Å². The zero-order valence-corrected chi connectivity index (χ0v) is 11.0. The van der Waals surface area contributed by atoms with Gasteiger partial charge < -0.3 is 9.97 Å². The predicted octanol–water partition coefficient (Wildman–Crippen LogP) is 2.89. The fourth-order valence-corrected chi connectivity index (χ4v) is 2.19. The summed E-state index contributed by atoms with van der Waals surface area (Å²) in [7, 11) is 0. The third-order valence-electron chi connectivity index (χ3n) is 3.15. The molecule has 0 saturated carbocycles. The van der Waals surface area contributed by atoms with Gasteiger partial charge in [-0.2, -0.15) is 5.10 Å². The maximum absolute atomic E-state index is 4.41. The standard InChI is InChI=1S/C15H12N6/c1-2-6-11-10(5-1)17-14(18-11)9-16-21-15-19-12-7-3-4-8-13(12)20-15/h1-9H,(H,17,18)(H2,19,20,21)/b16-9+. The lowest BCUT2D eigenvalue weighted by atomic mass is 10.3. The Morgan fingerprint density at radius 2 is 1.52 bits per heavy atom. The van der Waals surface area contributed by atoms with Crippen LogP contribution >= 0.6 is 0 Å². The van der Waals surface area contributed by atoms with E-state index >= 15 is 0 Å². The molecule has 21 heavy (non-hydrogen) atoms. The van der Waals surface area contributed by atoms with Gasteiger partial charge in [0.05, 0.1) is 28.3 Å². The van der Waals surface area contributed by atoms with Crippen LogP contribution in [-0.2, 0) is 0 Å². The van der Waals surface area contributed by atoms with Crippen molar-refractivity contribution in [1.29, 1.82) is 0 Å². The van der Waals surface area contributed by atoms with Gasteiger partial charge in [0.15, 0.2) is 5.82 Å². The molecule has 6 heteroatoms. The van der Waals surface area contributed by atoms with Crippen LogP contribution in [0.15, 0.2) is 53.6 Å². The van der Waals surface area contributed by atoms with E-state index in [1.54, 1.807) is 6.21 Å². The van der Waals surface area contributed by atoms with Gasteiger partial charge in [-0.25, -0.2) is 15.4 Å². The summed E-state index contributed by atoms with van der Waals surface area (Å²) in [6.45, 7) is 0. The van der Waals surface area contributed by atoms with Gasteiger partial charge >= 0.3 is 0 Å². The minimum Gasteiger partial charge on any atom is -0.337 e. The lowest BCUT2D eigenvalue weighted by Gasteiger charge is -1.91. The number of rotatable bonds is 3. The molecule has 102 valence electrons. The summed E-state index contributed by atoms with van der Waals surface area (Å²) in [5.41, 5.74) is 6.65. The number of anilines is 1. The Hall–Kier alpha value is -3.15. The molecule has 4 rings (SSSR count). The Balaban J connectivity index is 1.55. The number of aromatic amines is 2. The molecule has 0 fully saturated rings. The SMILES string of the molecule is C(=N\Nc1nc2ccccc2[nH]1)/c1nc2ccccc2[nH]1. The van der Waals surface area contributed by atoms with Gasteiger partial charge in [-0.05, 0) is 24.3 Å². The molecule has 0 aliphatic rings. The molecule has 0 aliphatic carbocycles. The van der Waals surface area contributed by atoms with Gasteiger partial charge in [-0.1, -0.05) is 24.3 Å². The van der Waals surface area contributed by atoms with E-state index in [0.717, 1.165) is 22.1 Å². The predicted molar refractivity (Wildman–Crippen MR) is 83.4 cm³/mol. The highest BCUT2D eigenvalue weighted by molar-refractivity contribution is 5.84. The van der Waals surface area contributed by atoms with Crippen molar-refractivity contribution in [1.82, 2.24) is 19.9 Å². The maximum atomic E-state index is 4.41. The van der Waals surface area contributed by atoms with E-state index < -0.39 is 0 Å². The Morgan fingerprint density at radius 1 is 0.857 bits per heavy atom. The number of hydrogen-bond donors (Lipinski definition) is 3. The second-order valence-electron chi connectivity index (χ2n) is 4.61. The molecular weight excluding hydrogens is 264 g/mol. The fraction of sp³-hybridized carbons (Fsp3) is 0. The number of aromatic nitrogens is 4. The smallest absolute Gasteiger partial charge is 0.222 e. The Kier molecular flexibility index (Phi) is 2.64. The topological polar surface area (TPSA) is 81.8 Å². The summed E-state index contributed by atoms with van der Waals surface area (Å²) >= 11 is 0. The van der Waals surface area contributed by atoms with Crippen molar-refractivity contribution in [2.75, 3.05) is 5.43 Å². The molecule has 4 aromatic rings. The summed E-state index contributed by atoms with van der Waals surface area (Å²) in [6.07, 6.45) is 1.63. The zero-order valence-electron chi connectivity index (χ0n) is 11.0. The molecule has 0 amide bonds. The maximum Gasteiger partial charge on any atom is 0.222 e. The number of imidazole rings is 2. The number of benzene rings is 2. The average Bonchev–Trinajstić information content (AvgIpc) is 3.09. The lowest BCUT2D eigenvalue weighted by Crippen LogP contribution is -1.93. The quantitative estimate of drug-likeness (QED) is 0.397. The highest BCUT2D eigenvalue weighted by Crippen LogP contribution is 2.13. The van der Waals surface area contributed by atoms with Crippen LogP contribution in [0.1, 0.15) is 5.82 Å². The average molecular weight is 276 g/mol. The Morgan fingerprint density at radius 3 is 2.24 bits per heavy atom. The minimum absolute atomic E-state index is 0.601. The van der Waals surface area contributed by atoms with Gasteiger partial charge in [-0.3, -0.25) is 0 Å². The zero-order chi connectivity index (χ0) is 14.1. The van der Waals surface area contributed by atoms with Crippen molar-refractivity contribution >= 4 is 34.2 Å². The van der Waals surface area contributed by atoms with Crippen LogP contribution in [0.3, 0.4) is 0 Å². The van der Waals surface area contributed by atoms with E-state index in [0.29, 0.717) is 11.8 Å². The van der Waals surface area contributed by atoms with Gasteiger partial charge in [0.1, 0.15) is 0 Å². The highest BCUT2D eigenvalue weighted by Gasteiger charge is 2.00. The molecule has 0 atom stereocenters. The first kappa shape index (κ1) is 11.7. The highest BCUT2D eigenvalue weighted by atomic mass is 15.4. The van der Waals surface area contributed by atoms with Gasteiger partial charge in [0, 0.05) is 0 Å². The molecule has 0 unspecified atom stereocenters. The van der Waals surface area contributed by atoms with Crippen LogP contribution in [-0.4, -0.2) is 26.2 Å². The molecule has 2 heterocycles. The van der Waals surface area contributed by atoms with Crippen molar-refractivity contribution in [2.24, 2.45) is 5.10 Å². The second kappa shape index (κ2) is 4.75. The number of nitrogens with one attached hydrogen (secondary N) is 3. The van der Waals surface area contributed by atoms with Crippen LogP contribution in [0.5, 0.6) is 0 Å². The first-order valence-corrected chi connectivity index (χ1v) is 6.57. The number of para-hydroxylation sites is 4. The number of H-pyrrole nitrogens is 2. The van der Waals surface area contributed by atoms with Gasteiger partial charge in [0.25, 0.3) is 0 Å². The van der Waals surface area contributed by atoms with Crippen molar-refractivity contribution in [2.45, 2.75) is 0 Å². The molecular formula is C15H12N6. The van der Waals surface area contributed by atoms with E-state index in [-0.39, 0.29) is 0 Å². The molecule has 3 N–H and O–H groups in total. The first-order chi connectivity index (χ1) is 10.4. The third-order valence-corrected chi connectivity index (χ3v) is 3.15. The van der Waals surface area contributed by atoms with Crippen LogP contribution in [0.2, 0.25) is 0 Å². The first-order valence-electron chi connectivity index (χ1n) is 6.57. The van der Waals surface area contributed by atoms with E-state index in [4.69, 9.17) is 0 Å². The normalized spacial score (nSPS) is 11.6. The van der Waals surface area contributed by atoms with Gasteiger partial charge in [-0.15, -0.1) is 0 Å². The second-order valence-corrected chi connectivity index (χ2v) is 4.61. The Labute approximate surface area is 119 Å². The van der Waals surface area contributed by atoms with Crippen molar-refractivity contribution < 1.29 is 0 Å². The number of hydrogen-bond acceptors (Lipinski definition) is 4. The largest absolute Gasteiger partial charge is 0.337 e. The Bertz CT molecular complexity index is 867. The van der Waals surface area contributed by atoms with Crippen molar-refractivity contribution in [3.05, 3.63) is 54.4 Å². The van der Waals surface area contributed by atoms with E-state index in [1.165, 1.54) is 0 Å². The summed E-state index contributed by atoms with van der Waals surface area (Å²) in [5, 5.41) is 4.14. The number of fused-ring (bicyclic) bond motifs is 2. The summed E-state index contributed by atoms with van der Waals surface area (Å²) in [4.78, 5) is 15.1. The third kappa shape index (κ3) is 2.23. The number of hydrazone groups is 1. The molecule has 6 nitrogen and oxygen atoms in total. The lowest BCUT2D eigenvalue weighted by molar-refractivity contribution is 1.20. The molecule has 0 spiro atoms. The van der Waals surface area contributed by atoms with Crippen LogP contribution in [0.25, 0.3) is 22.1 Å². The van der Waals surface area contributed by atoms with Crippen molar-refractivity contribution in [3.63, 3.8) is 0 Å². The molecule has 2 aromatic carbocycles. The summed E-state index contributed by atoms with van der Waals surface area (Å²) < 4.78 is 0. The fourth-order valence-electron chi connectivity index (χ4n) is 2.19. The van der Waals surface area contributed by atoms with Crippen LogP contribution in [0.4, 0.5) is 5.95 Å². The van der Waals surface area contributed by atoms with Crippen molar-refractivity contribution in [3.8, 4) is 0 Å². The molecule has 0 radical (unpaired) electrons.